The minimum absolute atomic E-state index is 0.851. The van der Waals surface area contributed by atoms with Crippen molar-refractivity contribution in [3.05, 3.63) is 16.5 Å². The Hall–Kier alpha value is -0.290. The first-order valence-electron chi connectivity index (χ1n) is 5.77. The molecule has 2 N–H and O–H groups in total. The Morgan fingerprint density at radius 2 is 2.19 bits per heavy atom. The quantitative estimate of drug-likeness (QED) is 0.794. The fourth-order valence-corrected chi connectivity index (χ4v) is 2.83. The summed E-state index contributed by atoms with van der Waals surface area (Å²) in [6.45, 7) is 6.85. The second-order valence-electron chi connectivity index (χ2n) is 3.98. The fourth-order valence-electron chi connectivity index (χ4n) is 1.86. The van der Waals surface area contributed by atoms with Crippen LogP contribution < -0.4 is 10.6 Å². The predicted octanol–water partition coefficient (Wildman–Crippen LogP) is 2.11. The first kappa shape index (κ1) is 12.2. The molecule has 2 heterocycles. The van der Waals surface area contributed by atoms with Crippen LogP contribution in [0.15, 0.2) is 12.1 Å². The van der Waals surface area contributed by atoms with E-state index in [9.17, 15) is 0 Å². The zero-order valence-corrected chi connectivity index (χ0v) is 10.9. The van der Waals surface area contributed by atoms with Crippen LogP contribution in [0.25, 0.3) is 0 Å². The van der Waals surface area contributed by atoms with Crippen molar-refractivity contribution >= 4 is 27.9 Å². The van der Waals surface area contributed by atoms with Crippen molar-refractivity contribution in [3.8, 4) is 0 Å². The number of thiophene rings is 1. The number of nitrogens with one attached hydrogen (secondary N) is 2. The van der Waals surface area contributed by atoms with Crippen LogP contribution in [0.5, 0.6) is 0 Å². The van der Waals surface area contributed by atoms with E-state index < -0.39 is 0 Å². The molecule has 16 heavy (non-hydrogen) atoms. The number of anilines is 1. The second-order valence-corrected chi connectivity index (χ2v) is 5.69. The Bertz CT molecular complexity index is 310. The van der Waals surface area contributed by atoms with Crippen LogP contribution >= 0.6 is 22.9 Å². The molecule has 90 valence electrons. The van der Waals surface area contributed by atoms with Crippen molar-refractivity contribution in [1.29, 1.82) is 0 Å². The van der Waals surface area contributed by atoms with Crippen LogP contribution in [-0.4, -0.2) is 44.2 Å². The van der Waals surface area contributed by atoms with E-state index in [0.29, 0.717) is 0 Å². The Labute approximate surface area is 106 Å². The molecular weight excluding hydrogens is 242 g/mol. The molecule has 2 rings (SSSR count). The van der Waals surface area contributed by atoms with E-state index in [1.165, 1.54) is 31.1 Å². The summed E-state index contributed by atoms with van der Waals surface area (Å²) in [5.74, 6) is 0. The third-order valence-corrected chi connectivity index (χ3v) is 3.92. The number of piperazine rings is 1. The van der Waals surface area contributed by atoms with Gasteiger partial charge in [0.2, 0.25) is 0 Å². The maximum Gasteiger partial charge on any atom is 0.0950 e. The van der Waals surface area contributed by atoms with Crippen LogP contribution in [0.1, 0.15) is 6.42 Å². The molecule has 0 saturated carbocycles. The standard InChI is InChI=1S/C11H18ClN3S/c12-10-2-3-11(16-10)14-4-1-7-15-8-5-13-6-9-15/h2-3,13-14H,1,4-9H2. The van der Waals surface area contributed by atoms with E-state index in [2.05, 4.69) is 15.5 Å². The molecule has 1 aliphatic heterocycles. The molecule has 0 radical (unpaired) electrons. The van der Waals surface area contributed by atoms with Crippen LogP contribution in [0.3, 0.4) is 0 Å². The van der Waals surface area contributed by atoms with Gasteiger partial charge in [0.25, 0.3) is 0 Å². The highest BCUT2D eigenvalue weighted by molar-refractivity contribution is 7.19. The van der Waals surface area contributed by atoms with Gasteiger partial charge in [-0.2, -0.15) is 0 Å². The first-order chi connectivity index (χ1) is 7.84. The SMILES string of the molecule is Clc1ccc(NCCCN2CCNCC2)s1. The lowest BCUT2D eigenvalue weighted by atomic mass is 10.3. The molecule has 1 aromatic heterocycles. The number of hydrogen-bond acceptors (Lipinski definition) is 4. The third-order valence-electron chi connectivity index (χ3n) is 2.73. The Kier molecular flexibility index (Phi) is 4.91. The maximum absolute atomic E-state index is 5.86. The number of nitrogens with zero attached hydrogens (tertiary/aromatic N) is 1. The molecule has 3 nitrogen and oxygen atoms in total. The minimum atomic E-state index is 0.851. The number of rotatable bonds is 5. The molecular formula is C11H18ClN3S. The van der Waals surface area contributed by atoms with Crippen molar-refractivity contribution in [1.82, 2.24) is 10.2 Å². The molecule has 0 unspecified atom stereocenters. The Morgan fingerprint density at radius 1 is 1.38 bits per heavy atom. The summed E-state index contributed by atoms with van der Waals surface area (Å²) in [5.41, 5.74) is 0. The van der Waals surface area contributed by atoms with E-state index in [4.69, 9.17) is 11.6 Å². The number of hydrogen-bond donors (Lipinski definition) is 2. The summed E-state index contributed by atoms with van der Waals surface area (Å²) in [4.78, 5) is 2.51. The summed E-state index contributed by atoms with van der Waals surface area (Å²) in [7, 11) is 0. The normalized spacial score (nSPS) is 17.6. The van der Waals surface area contributed by atoms with Gasteiger partial charge in [0, 0.05) is 32.7 Å². The molecule has 1 fully saturated rings. The zero-order valence-electron chi connectivity index (χ0n) is 9.34. The first-order valence-corrected chi connectivity index (χ1v) is 6.96. The van der Waals surface area contributed by atoms with Gasteiger partial charge in [0.15, 0.2) is 0 Å². The predicted molar refractivity (Wildman–Crippen MR) is 71.7 cm³/mol. The van der Waals surface area contributed by atoms with Gasteiger partial charge in [-0.15, -0.1) is 11.3 Å². The van der Waals surface area contributed by atoms with Gasteiger partial charge >= 0.3 is 0 Å². The maximum atomic E-state index is 5.86. The van der Waals surface area contributed by atoms with Gasteiger partial charge in [-0.25, -0.2) is 0 Å². The Morgan fingerprint density at radius 3 is 2.88 bits per heavy atom. The summed E-state index contributed by atoms with van der Waals surface area (Å²) < 4.78 is 0.851. The highest BCUT2D eigenvalue weighted by Crippen LogP contribution is 2.25. The van der Waals surface area contributed by atoms with Gasteiger partial charge in [0.05, 0.1) is 9.34 Å². The van der Waals surface area contributed by atoms with E-state index in [1.807, 2.05) is 12.1 Å². The molecule has 0 aromatic carbocycles. The molecule has 0 spiro atoms. The smallest absolute Gasteiger partial charge is 0.0950 e. The summed E-state index contributed by atoms with van der Waals surface area (Å²) in [6.07, 6.45) is 1.19. The van der Waals surface area contributed by atoms with Gasteiger partial charge in [-0.05, 0) is 25.1 Å². The average Bonchev–Trinajstić information content (AvgIpc) is 2.72. The monoisotopic (exact) mass is 259 g/mol. The van der Waals surface area contributed by atoms with E-state index in [-0.39, 0.29) is 0 Å². The van der Waals surface area contributed by atoms with E-state index in [0.717, 1.165) is 24.0 Å². The lowest BCUT2D eigenvalue weighted by molar-refractivity contribution is 0.240. The topological polar surface area (TPSA) is 27.3 Å². The highest BCUT2D eigenvalue weighted by atomic mass is 35.5. The van der Waals surface area contributed by atoms with Crippen molar-refractivity contribution < 1.29 is 0 Å². The zero-order chi connectivity index (χ0) is 11.2. The molecule has 1 aliphatic rings. The van der Waals surface area contributed by atoms with E-state index >= 15 is 0 Å². The molecule has 0 aliphatic carbocycles. The molecule has 1 saturated heterocycles. The summed E-state index contributed by atoms with van der Waals surface area (Å²) >= 11 is 7.46. The van der Waals surface area contributed by atoms with Crippen molar-refractivity contribution in [2.45, 2.75) is 6.42 Å². The molecule has 0 bridgehead atoms. The lowest BCUT2D eigenvalue weighted by Crippen LogP contribution is -2.44. The van der Waals surface area contributed by atoms with Crippen LogP contribution in [0, 0.1) is 0 Å². The second kappa shape index (κ2) is 6.45. The van der Waals surface area contributed by atoms with Crippen LogP contribution in [0.2, 0.25) is 4.34 Å². The molecule has 0 amide bonds. The van der Waals surface area contributed by atoms with Crippen molar-refractivity contribution in [2.75, 3.05) is 44.6 Å². The average molecular weight is 260 g/mol. The van der Waals surface area contributed by atoms with Crippen molar-refractivity contribution in [3.63, 3.8) is 0 Å². The minimum Gasteiger partial charge on any atom is -0.377 e. The van der Waals surface area contributed by atoms with E-state index in [1.54, 1.807) is 11.3 Å². The lowest BCUT2D eigenvalue weighted by Gasteiger charge is -2.27. The highest BCUT2D eigenvalue weighted by Gasteiger charge is 2.08. The van der Waals surface area contributed by atoms with Gasteiger partial charge < -0.3 is 15.5 Å². The largest absolute Gasteiger partial charge is 0.377 e. The van der Waals surface area contributed by atoms with Crippen LogP contribution in [0.4, 0.5) is 5.00 Å². The number of halogens is 1. The van der Waals surface area contributed by atoms with Gasteiger partial charge in [-0.1, -0.05) is 11.6 Å². The van der Waals surface area contributed by atoms with Crippen LogP contribution in [-0.2, 0) is 0 Å². The van der Waals surface area contributed by atoms with Crippen molar-refractivity contribution in [2.24, 2.45) is 0 Å². The fraction of sp³-hybridized carbons (Fsp3) is 0.636. The summed E-state index contributed by atoms with van der Waals surface area (Å²) in [5, 5.41) is 7.93. The van der Waals surface area contributed by atoms with Gasteiger partial charge in [-0.3, -0.25) is 0 Å². The third kappa shape index (κ3) is 3.94. The molecule has 5 heteroatoms. The van der Waals surface area contributed by atoms with Gasteiger partial charge in [0.1, 0.15) is 0 Å². The molecule has 0 atom stereocenters. The Balaban J connectivity index is 1.57. The summed E-state index contributed by atoms with van der Waals surface area (Å²) in [6, 6.07) is 3.97. The molecule has 1 aromatic rings.